The largest absolute Gasteiger partial charge is 0.744 e. The second-order valence-corrected chi connectivity index (χ2v) is 8.92. The minimum absolute atomic E-state index is 0.299. The van der Waals surface area contributed by atoms with E-state index in [1.165, 1.54) is 28.5 Å². The molecule has 1 amide bonds. The lowest BCUT2D eigenvalue weighted by Crippen LogP contribution is -2.29. The second kappa shape index (κ2) is 8.57. The summed E-state index contributed by atoms with van der Waals surface area (Å²) in [6, 6.07) is 11.4. The van der Waals surface area contributed by atoms with E-state index < -0.39 is 22.1 Å². The molecule has 12 heteroatoms. The van der Waals surface area contributed by atoms with Gasteiger partial charge in [-0.3, -0.25) is 4.79 Å². The van der Waals surface area contributed by atoms with Gasteiger partial charge in [-0.05, 0) is 55.5 Å². The molecule has 1 aliphatic rings. The zero-order valence-electron chi connectivity index (χ0n) is 16.9. The molecule has 1 atom stereocenters. The van der Waals surface area contributed by atoms with Crippen LogP contribution in [0.25, 0.3) is 11.3 Å². The Labute approximate surface area is 187 Å². The molecule has 0 N–H and O–H groups in total. The number of aromatic nitrogens is 1. The first-order valence-corrected chi connectivity index (χ1v) is 11.5. The number of nitrogens with zero attached hydrogens (tertiary/aromatic N) is 5. The maximum atomic E-state index is 12.8. The monoisotopic (exact) mass is 470 g/mol. The molecule has 0 fully saturated rings. The van der Waals surface area contributed by atoms with E-state index in [1.807, 2.05) is 29.6 Å². The summed E-state index contributed by atoms with van der Waals surface area (Å²) in [6.07, 6.45) is 0. The number of hydrazone groups is 1. The standard InChI is InChI=1S/C20H17N5O5S2/c1-12-18(23-22-14-5-9-16(10-6-14)32(27,28)29)19(26)25(24-12)20-21-17(11-31-20)13-3-7-15(30-2)8-4-13/h3-11,18H,1-2H3,(H,27,28,29)/p-1/t18-/m0/s1. The molecule has 0 unspecified atom stereocenters. The van der Waals surface area contributed by atoms with E-state index >= 15 is 0 Å². The maximum Gasteiger partial charge on any atom is 0.282 e. The molecule has 0 saturated heterocycles. The Bertz CT molecular complexity index is 1320. The highest BCUT2D eigenvalue weighted by Gasteiger charge is 2.36. The Balaban J connectivity index is 1.50. The van der Waals surface area contributed by atoms with Gasteiger partial charge in [0.15, 0.2) is 6.04 Å². The van der Waals surface area contributed by atoms with E-state index in [-0.39, 0.29) is 4.90 Å². The van der Waals surface area contributed by atoms with Crippen LogP contribution in [-0.2, 0) is 14.9 Å². The van der Waals surface area contributed by atoms with Crippen LogP contribution in [-0.4, -0.2) is 42.7 Å². The fourth-order valence-electron chi connectivity index (χ4n) is 2.89. The maximum absolute atomic E-state index is 12.8. The first-order chi connectivity index (χ1) is 15.3. The number of anilines is 1. The number of methoxy groups -OCH3 is 1. The minimum Gasteiger partial charge on any atom is -0.744 e. The van der Waals surface area contributed by atoms with Crippen LogP contribution in [0.3, 0.4) is 0 Å². The quantitative estimate of drug-likeness (QED) is 0.399. The fourth-order valence-corrected chi connectivity index (χ4v) is 4.14. The van der Waals surface area contributed by atoms with Crippen molar-refractivity contribution >= 4 is 43.9 Å². The number of benzene rings is 2. The van der Waals surface area contributed by atoms with Crippen LogP contribution in [0.5, 0.6) is 5.75 Å². The predicted octanol–water partition coefficient (Wildman–Crippen LogP) is 3.60. The SMILES string of the molecule is COc1ccc(-c2csc(N3N=C(C)[C@H](N=Nc4ccc(S(=O)(=O)[O-])cc4)C3=O)n2)cc1. The van der Waals surface area contributed by atoms with Crippen molar-refractivity contribution in [1.82, 2.24) is 4.98 Å². The van der Waals surface area contributed by atoms with Crippen LogP contribution in [0, 0.1) is 0 Å². The molecule has 0 spiro atoms. The van der Waals surface area contributed by atoms with Gasteiger partial charge in [-0.1, -0.05) is 0 Å². The molecule has 164 valence electrons. The summed E-state index contributed by atoms with van der Waals surface area (Å²) in [5, 5.41) is 15.7. The third-order valence-electron chi connectivity index (χ3n) is 4.57. The van der Waals surface area contributed by atoms with Crippen LogP contribution < -0.4 is 9.75 Å². The van der Waals surface area contributed by atoms with E-state index in [0.29, 0.717) is 22.2 Å². The molecule has 2 aromatic carbocycles. The van der Waals surface area contributed by atoms with E-state index in [2.05, 4.69) is 20.3 Å². The van der Waals surface area contributed by atoms with Gasteiger partial charge in [-0.2, -0.15) is 20.3 Å². The van der Waals surface area contributed by atoms with Gasteiger partial charge in [0.1, 0.15) is 15.9 Å². The Kier molecular flexibility index (Phi) is 5.82. The van der Waals surface area contributed by atoms with Crippen LogP contribution in [0.1, 0.15) is 6.92 Å². The highest BCUT2D eigenvalue weighted by atomic mass is 32.2. The van der Waals surface area contributed by atoms with Gasteiger partial charge < -0.3 is 9.29 Å². The Hall–Kier alpha value is -3.48. The van der Waals surface area contributed by atoms with Gasteiger partial charge in [0.05, 0.1) is 29.1 Å². The highest BCUT2D eigenvalue weighted by molar-refractivity contribution is 7.85. The number of ether oxygens (including phenoxy) is 1. The zero-order chi connectivity index (χ0) is 22.9. The highest BCUT2D eigenvalue weighted by Crippen LogP contribution is 2.31. The first kappa shape index (κ1) is 21.7. The van der Waals surface area contributed by atoms with E-state index in [0.717, 1.165) is 23.4 Å². The molecule has 2 heterocycles. The van der Waals surface area contributed by atoms with Crippen LogP contribution in [0.15, 0.2) is 74.1 Å². The molecular weight excluding hydrogens is 454 g/mol. The van der Waals surface area contributed by atoms with Gasteiger partial charge in [-0.15, -0.1) is 11.3 Å². The van der Waals surface area contributed by atoms with Crippen molar-refractivity contribution in [3.05, 3.63) is 53.9 Å². The predicted molar refractivity (Wildman–Crippen MR) is 117 cm³/mol. The van der Waals surface area contributed by atoms with Crippen LogP contribution >= 0.6 is 11.3 Å². The summed E-state index contributed by atoms with van der Waals surface area (Å²) >= 11 is 1.27. The van der Waals surface area contributed by atoms with Crippen molar-refractivity contribution in [3.63, 3.8) is 0 Å². The lowest BCUT2D eigenvalue weighted by molar-refractivity contribution is -0.117. The number of carbonyl (C=O) groups is 1. The molecule has 0 aliphatic carbocycles. The Morgan fingerprint density at radius 3 is 2.44 bits per heavy atom. The van der Waals surface area contributed by atoms with Crippen molar-refractivity contribution in [2.24, 2.45) is 15.3 Å². The average molecular weight is 471 g/mol. The molecule has 32 heavy (non-hydrogen) atoms. The number of thiazole rings is 1. The minimum atomic E-state index is -4.54. The number of rotatable bonds is 6. The zero-order valence-corrected chi connectivity index (χ0v) is 18.5. The average Bonchev–Trinajstić information content (AvgIpc) is 3.37. The van der Waals surface area contributed by atoms with Crippen molar-refractivity contribution in [1.29, 1.82) is 0 Å². The molecular formula is C20H16N5O5S2-. The normalized spacial score (nSPS) is 16.6. The van der Waals surface area contributed by atoms with Gasteiger partial charge in [-0.25, -0.2) is 13.4 Å². The molecule has 1 aromatic heterocycles. The van der Waals surface area contributed by atoms with Crippen molar-refractivity contribution in [2.45, 2.75) is 17.9 Å². The summed E-state index contributed by atoms with van der Waals surface area (Å²) in [4.78, 5) is 17.0. The van der Waals surface area contributed by atoms with E-state index in [1.54, 1.807) is 14.0 Å². The molecule has 0 saturated carbocycles. The van der Waals surface area contributed by atoms with Gasteiger partial charge in [0, 0.05) is 10.9 Å². The Morgan fingerprint density at radius 1 is 1.12 bits per heavy atom. The number of carbonyl (C=O) groups excluding carboxylic acids is 1. The fraction of sp³-hybridized carbons (Fsp3) is 0.150. The second-order valence-electron chi connectivity index (χ2n) is 6.70. The lowest BCUT2D eigenvalue weighted by atomic mass is 10.2. The van der Waals surface area contributed by atoms with Gasteiger partial charge in [0.25, 0.3) is 5.91 Å². The van der Waals surface area contributed by atoms with Crippen molar-refractivity contribution < 1.29 is 22.5 Å². The van der Waals surface area contributed by atoms with Crippen molar-refractivity contribution in [3.8, 4) is 17.0 Å². The summed E-state index contributed by atoms with van der Waals surface area (Å²) in [6.45, 7) is 1.66. The number of azo groups is 1. The first-order valence-electron chi connectivity index (χ1n) is 9.22. The molecule has 1 aliphatic heterocycles. The van der Waals surface area contributed by atoms with Crippen molar-refractivity contribution in [2.75, 3.05) is 12.1 Å². The third kappa shape index (κ3) is 4.42. The molecule has 3 aromatic rings. The van der Waals surface area contributed by atoms with E-state index in [4.69, 9.17) is 4.74 Å². The van der Waals surface area contributed by atoms with Gasteiger partial charge >= 0.3 is 0 Å². The summed E-state index contributed by atoms with van der Waals surface area (Å²) in [7, 11) is -2.95. The molecule has 4 rings (SSSR count). The number of hydrogen-bond donors (Lipinski definition) is 0. The topological polar surface area (TPSA) is 137 Å². The third-order valence-corrected chi connectivity index (χ3v) is 6.23. The van der Waals surface area contributed by atoms with Crippen LogP contribution in [0.2, 0.25) is 0 Å². The molecule has 0 radical (unpaired) electrons. The number of amides is 1. The molecule has 10 nitrogen and oxygen atoms in total. The summed E-state index contributed by atoms with van der Waals surface area (Å²) < 4.78 is 38.2. The number of hydrogen-bond acceptors (Lipinski definition) is 10. The smallest absolute Gasteiger partial charge is 0.282 e. The summed E-state index contributed by atoms with van der Waals surface area (Å²) in [5.41, 5.74) is 2.32. The van der Waals surface area contributed by atoms with E-state index in [9.17, 15) is 17.8 Å². The van der Waals surface area contributed by atoms with Crippen LogP contribution in [0.4, 0.5) is 10.8 Å². The van der Waals surface area contributed by atoms with Gasteiger partial charge in [0.2, 0.25) is 5.13 Å². The lowest BCUT2D eigenvalue weighted by Gasteiger charge is -2.08. The molecule has 0 bridgehead atoms. The summed E-state index contributed by atoms with van der Waals surface area (Å²) in [5.74, 6) is 0.331. The Morgan fingerprint density at radius 2 is 1.81 bits per heavy atom.